The van der Waals surface area contributed by atoms with E-state index in [1.165, 1.54) is 18.4 Å². The molecule has 1 fully saturated rings. The molecule has 0 radical (unpaired) electrons. The standard InChI is InChI=1S/C5H5Br.BrH.Li/c6-4-3-5-1-2-5;;/h4H,1-2H2;1H;/q;;+1/p-1. The van der Waals surface area contributed by atoms with Gasteiger partial charge in [-0.15, -0.1) is 5.73 Å². The Bertz CT molecular complexity index is 108. The number of allylic oxidation sites excluding steroid dienone is 1. The predicted octanol–water partition coefficient (Wildman–Crippen LogP) is -3.78. The van der Waals surface area contributed by atoms with E-state index in [0.717, 1.165) is 0 Å². The smallest absolute Gasteiger partial charge is 1.00 e. The fraction of sp³-hybridized carbons (Fsp3) is 0.400. The second-order valence-electron chi connectivity index (χ2n) is 1.36. The summed E-state index contributed by atoms with van der Waals surface area (Å²) in [6.45, 7) is 0. The summed E-state index contributed by atoms with van der Waals surface area (Å²) in [5.74, 6) is 0. The molecule has 0 aromatic rings. The molecule has 0 aromatic carbocycles. The van der Waals surface area contributed by atoms with E-state index in [4.69, 9.17) is 0 Å². The van der Waals surface area contributed by atoms with Crippen molar-refractivity contribution < 1.29 is 35.8 Å². The summed E-state index contributed by atoms with van der Waals surface area (Å²) in [7, 11) is 0. The molecule has 1 aliphatic carbocycles. The molecule has 0 aliphatic heterocycles. The van der Waals surface area contributed by atoms with E-state index in [1.54, 1.807) is 4.99 Å². The second-order valence-corrected chi connectivity index (χ2v) is 1.81. The molecule has 0 spiro atoms. The average molecular weight is 232 g/mol. The van der Waals surface area contributed by atoms with Gasteiger partial charge in [-0.25, -0.2) is 0 Å². The molecule has 0 saturated heterocycles. The van der Waals surface area contributed by atoms with Gasteiger partial charge in [-0.2, -0.15) is 0 Å². The largest absolute Gasteiger partial charge is 1.00 e. The Morgan fingerprint density at radius 1 is 1.50 bits per heavy atom. The van der Waals surface area contributed by atoms with Crippen molar-refractivity contribution >= 4 is 15.9 Å². The zero-order chi connectivity index (χ0) is 4.41. The number of hydrogen-bond donors (Lipinski definition) is 0. The molecule has 0 N–H and O–H groups in total. The van der Waals surface area contributed by atoms with Crippen LogP contribution in [0.3, 0.4) is 0 Å². The molecule has 0 atom stereocenters. The second kappa shape index (κ2) is 6.20. The molecule has 1 rings (SSSR count). The van der Waals surface area contributed by atoms with Crippen molar-refractivity contribution in [3.8, 4) is 0 Å². The Balaban J connectivity index is 0. The van der Waals surface area contributed by atoms with Gasteiger partial charge in [0.05, 0.1) is 0 Å². The molecule has 1 saturated carbocycles. The molecule has 0 aromatic heterocycles. The molecular formula is C5H5Br2Li. The van der Waals surface area contributed by atoms with Gasteiger partial charge in [-0.1, -0.05) is 15.9 Å². The number of halogens is 2. The van der Waals surface area contributed by atoms with Crippen molar-refractivity contribution in [3.05, 3.63) is 16.3 Å². The molecule has 8 heavy (non-hydrogen) atoms. The SMILES string of the molecule is BrC=C=C1CC1.[Br-].[Li+]. The summed E-state index contributed by atoms with van der Waals surface area (Å²) in [6.07, 6.45) is 2.53. The van der Waals surface area contributed by atoms with E-state index in [1.807, 2.05) is 0 Å². The fourth-order valence-corrected chi connectivity index (χ4v) is 0.608. The Labute approximate surface area is 80.5 Å². The summed E-state index contributed by atoms with van der Waals surface area (Å²) in [5, 5.41) is 0. The van der Waals surface area contributed by atoms with Crippen LogP contribution in [0, 0.1) is 0 Å². The van der Waals surface area contributed by atoms with Gasteiger partial charge in [0.1, 0.15) is 0 Å². The molecular weight excluding hydrogens is 227 g/mol. The fourth-order valence-electron chi connectivity index (χ4n) is 0.284. The van der Waals surface area contributed by atoms with Gasteiger partial charge in [0, 0.05) is 4.99 Å². The molecule has 0 bridgehead atoms. The Hall–Kier alpha value is 1.08. The number of hydrogen-bond acceptors (Lipinski definition) is 0. The Morgan fingerprint density at radius 3 is 2.12 bits per heavy atom. The molecule has 0 heterocycles. The van der Waals surface area contributed by atoms with Crippen molar-refractivity contribution in [3.63, 3.8) is 0 Å². The normalized spacial score (nSPS) is 12.4. The van der Waals surface area contributed by atoms with Crippen LogP contribution in [0.25, 0.3) is 0 Å². The Morgan fingerprint density at radius 2 is 2.00 bits per heavy atom. The van der Waals surface area contributed by atoms with Crippen molar-refractivity contribution in [1.29, 1.82) is 0 Å². The maximum Gasteiger partial charge on any atom is 1.00 e. The first kappa shape index (κ1) is 11.8. The van der Waals surface area contributed by atoms with E-state index in [9.17, 15) is 0 Å². The zero-order valence-corrected chi connectivity index (χ0v) is 7.92. The van der Waals surface area contributed by atoms with Crippen LogP contribution in [0.4, 0.5) is 0 Å². The van der Waals surface area contributed by atoms with Crippen LogP contribution in [0.1, 0.15) is 12.8 Å². The summed E-state index contributed by atoms with van der Waals surface area (Å²) in [5.41, 5.74) is 4.46. The molecule has 0 unspecified atom stereocenters. The van der Waals surface area contributed by atoms with Gasteiger partial charge in [-0.3, -0.25) is 0 Å². The maximum atomic E-state index is 3.13. The summed E-state index contributed by atoms with van der Waals surface area (Å²) < 4.78 is 0. The van der Waals surface area contributed by atoms with Crippen molar-refractivity contribution in [2.45, 2.75) is 12.8 Å². The van der Waals surface area contributed by atoms with Gasteiger partial charge in [0.25, 0.3) is 0 Å². The van der Waals surface area contributed by atoms with Gasteiger partial charge in [0.2, 0.25) is 0 Å². The zero-order valence-electron chi connectivity index (χ0n) is 4.75. The van der Waals surface area contributed by atoms with Gasteiger partial charge in [0.15, 0.2) is 0 Å². The minimum atomic E-state index is 0. The molecule has 40 valence electrons. The monoisotopic (exact) mass is 230 g/mol. The summed E-state index contributed by atoms with van der Waals surface area (Å²) in [4.78, 5) is 1.79. The first-order valence-corrected chi connectivity index (χ1v) is 2.88. The molecule has 3 heteroatoms. The third kappa shape index (κ3) is 5.22. The third-order valence-corrected chi connectivity index (χ3v) is 0.988. The van der Waals surface area contributed by atoms with Crippen LogP contribution in [-0.2, 0) is 0 Å². The summed E-state index contributed by atoms with van der Waals surface area (Å²) in [6, 6.07) is 0. The van der Waals surface area contributed by atoms with Gasteiger partial charge >= 0.3 is 18.9 Å². The maximum absolute atomic E-state index is 3.13. The van der Waals surface area contributed by atoms with Crippen molar-refractivity contribution in [2.24, 2.45) is 0 Å². The Kier molecular flexibility index (Phi) is 9.17. The molecule has 0 nitrogen and oxygen atoms in total. The van der Waals surface area contributed by atoms with Crippen molar-refractivity contribution in [2.75, 3.05) is 0 Å². The first-order chi connectivity index (χ1) is 2.93. The van der Waals surface area contributed by atoms with Crippen LogP contribution in [-0.4, -0.2) is 0 Å². The van der Waals surface area contributed by atoms with Crippen LogP contribution in [0.5, 0.6) is 0 Å². The summed E-state index contributed by atoms with van der Waals surface area (Å²) >= 11 is 3.13. The topological polar surface area (TPSA) is 0 Å². The third-order valence-electron chi connectivity index (χ3n) is 0.759. The van der Waals surface area contributed by atoms with Gasteiger partial charge in [-0.05, 0) is 18.4 Å². The predicted molar refractivity (Wildman–Crippen MR) is 29.8 cm³/mol. The van der Waals surface area contributed by atoms with Crippen LogP contribution in [0.2, 0.25) is 0 Å². The van der Waals surface area contributed by atoms with Crippen molar-refractivity contribution in [1.82, 2.24) is 0 Å². The van der Waals surface area contributed by atoms with E-state index in [-0.39, 0.29) is 35.8 Å². The van der Waals surface area contributed by atoms with E-state index in [0.29, 0.717) is 0 Å². The average Bonchev–Trinajstić information content (AvgIpc) is 2.21. The van der Waals surface area contributed by atoms with Crippen LogP contribution >= 0.6 is 15.9 Å². The molecule has 0 amide bonds. The van der Waals surface area contributed by atoms with Crippen LogP contribution < -0.4 is 35.8 Å². The minimum absolute atomic E-state index is 0. The number of rotatable bonds is 0. The first-order valence-electron chi connectivity index (χ1n) is 1.96. The molecule has 1 aliphatic rings. The quantitative estimate of drug-likeness (QED) is 0.297. The van der Waals surface area contributed by atoms with Crippen LogP contribution in [0.15, 0.2) is 16.3 Å². The van der Waals surface area contributed by atoms with E-state index < -0.39 is 0 Å². The van der Waals surface area contributed by atoms with E-state index >= 15 is 0 Å². The van der Waals surface area contributed by atoms with E-state index in [2.05, 4.69) is 21.7 Å². The minimum Gasteiger partial charge on any atom is -1.00 e. The van der Waals surface area contributed by atoms with Gasteiger partial charge < -0.3 is 17.0 Å².